The molecule has 4 rings (SSSR count). The van der Waals surface area contributed by atoms with Gasteiger partial charge in [-0.3, -0.25) is 0 Å². The molecule has 0 saturated heterocycles. The number of hydrogen-bond acceptors (Lipinski definition) is 4. The number of methoxy groups -OCH3 is 3. The summed E-state index contributed by atoms with van der Waals surface area (Å²) in [5.41, 5.74) is 4.99. The van der Waals surface area contributed by atoms with E-state index < -0.39 is 0 Å². The lowest BCUT2D eigenvalue weighted by Crippen LogP contribution is -2.27. The summed E-state index contributed by atoms with van der Waals surface area (Å²) in [5, 5.41) is 4.86. The second-order valence-electron chi connectivity index (χ2n) is 7.22. The Hall–Kier alpha value is -2.66. The van der Waals surface area contributed by atoms with Crippen molar-refractivity contribution in [3.05, 3.63) is 53.2 Å². The van der Waals surface area contributed by atoms with E-state index in [0.29, 0.717) is 17.5 Å². The van der Waals surface area contributed by atoms with Crippen molar-refractivity contribution in [2.24, 2.45) is 0 Å². The van der Waals surface area contributed by atoms with Crippen molar-refractivity contribution in [1.82, 2.24) is 10.3 Å². The molecule has 0 fully saturated rings. The molecule has 0 aliphatic heterocycles. The van der Waals surface area contributed by atoms with Gasteiger partial charge in [0.25, 0.3) is 0 Å². The van der Waals surface area contributed by atoms with Crippen LogP contribution in [0.5, 0.6) is 17.2 Å². The Labute approximate surface area is 166 Å². The number of fused-ring (bicyclic) bond motifs is 3. The van der Waals surface area contributed by atoms with Crippen LogP contribution in [0.15, 0.2) is 36.4 Å². The molecule has 0 spiro atoms. The van der Waals surface area contributed by atoms with Crippen molar-refractivity contribution < 1.29 is 14.2 Å². The summed E-state index contributed by atoms with van der Waals surface area (Å²) >= 11 is 0. The molecular formula is C23H28N2O3. The van der Waals surface area contributed by atoms with E-state index in [4.69, 9.17) is 14.2 Å². The molecule has 1 aliphatic carbocycles. The largest absolute Gasteiger partial charge is 0.493 e. The van der Waals surface area contributed by atoms with E-state index in [9.17, 15) is 0 Å². The Morgan fingerprint density at radius 3 is 2.54 bits per heavy atom. The SMILES string of the molecule is COc1cc2[nH]c3c(c2c(OC)c1OC)CCCC3NCCc1ccccc1. The highest BCUT2D eigenvalue weighted by atomic mass is 16.5. The molecule has 1 atom stereocenters. The second kappa shape index (κ2) is 8.15. The van der Waals surface area contributed by atoms with E-state index in [1.807, 2.05) is 6.07 Å². The van der Waals surface area contributed by atoms with Gasteiger partial charge >= 0.3 is 0 Å². The fourth-order valence-electron chi connectivity index (χ4n) is 4.33. The number of aromatic nitrogens is 1. The molecule has 148 valence electrons. The first-order chi connectivity index (χ1) is 13.8. The minimum Gasteiger partial charge on any atom is -0.493 e. The number of rotatable bonds is 7. The first-order valence-electron chi connectivity index (χ1n) is 9.87. The fraction of sp³-hybridized carbons (Fsp3) is 0.391. The zero-order valence-corrected chi connectivity index (χ0v) is 16.8. The molecule has 1 unspecified atom stereocenters. The number of hydrogen-bond donors (Lipinski definition) is 2. The Balaban J connectivity index is 1.65. The van der Waals surface area contributed by atoms with Crippen LogP contribution in [0.25, 0.3) is 10.9 Å². The van der Waals surface area contributed by atoms with Crippen LogP contribution in [-0.4, -0.2) is 32.9 Å². The zero-order chi connectivity index (χ0) is 19.5. The van der Waals surface area contributed by atoms with Gasteiger partial charge in [-0.05, 0) is 43.4 Å². The van der Waals surface area contributed by atoms with Gasteiger partial charge in [0.15, 0.2) is 11.5 Å². The Kier molecular flexibility index (Phi) is 5.44. The molecule has 0 amide bonds. The molecular weight excluding hydrogens is 352 g/mol. The van der Waals surface area contributed by atoms with E-state index in [-0.39, 0.29) is 0 Å². The number of nitrogens with one attached hydrogen (secondary N) is 2. The maximum atomic E-state index is 5.75. The van der Waals surface area contributed by atoms with Gasteiger partial charge in [0.05, 0.1) is 26.8 Å². The van der Waals surface area contributed by atoms with Gasteiger partial charge in [0, 0.05) is 23.2 Å². The highest BCUT2D eigenvalue weighted by molar-refractivity contribution is 5.95. The average molecular weight is 380 g/mol. The molecule has 0 saturated carbocycles. The highest BCUT2D eigenvalue weighted by Crippen LogP contribution is 2.47. The molecule has 0 radical (unpaired) electrons. The number of benzene rings is 2. The topological polar surface area (TPSA) is 55.5 Å². The molecule has 1 aliphatic rings. The van der Waals surface area contributed by atoms with E-state index in [1.54, 1.807) is 21.3 Å². The van der Waals surface area contributed by atoms with Gasteiger partial charge in [-0.1, -0.05) is 30.3 Å². The quantitative estimate of drug-likeness (QED) is 0.638. The normalized spacial score (nSPS) is 16.0. The summed E-state index contributed by atoms with van der Waals surface area (Å²) in [7, 11) is 4.99. The van der Waals surface area contributed by atoms with E-state index in [1.165, 1.54) is 16.8 Å². The summed E-state index contributed by atoms with van der Waals surface area (Å²) < 4.78 is 16.9. The van der Waals surface area contributed by atoms with Crippen molar-refractivity contribution in [1.29, 1.82) is 0 Å². The zero-order valence-electron chi connectivity index (χ0n) is 16.8. The van der Waals surface area contributed by atoms with E-state index in [2.05, 4.69) is 40.6 Å². The predicted molar refractivity (Wildman–Crippen MR) is 112 cm³/mol. The van der Waals surface area contributed by atoms with Gasteiger partial charge in [-0.15, -0.1) is 0 Å². The van der Waals surface area contributed by atoms with Gasteiger partial charge in [-0.2, -0.15) is 0 Å². The number of H-pyrrole nitrogens is 1. The third-order valence-corrected chi connectivity index (χ3v) is 5.64. The minimum absolute atomic E-state index is 0.321. The van der Waals surface area contributed by atoms with Crippen molar-refractivity contribution in [2.75, 3.05) is 27.9 Å². The number of aromatic amines is 1. The predicted octanol–water partition coefficient (Wildman–Crippen LogP) is 4.40. The highest BCUT2D eigenvalue weighted by Gasteiger charge is 2.28. The average Bonchev–Trinajstić information content (AvgIpc) is 3.12. The number of ether oxygens (including phenoxy) is 3. The van der Waals surface area contributed by atoms with Gasteiger partial charge in [-0.25, -0.2) is 0 Å². The van der Waals surface area contributed by atoms with Gasteiger partial charge in [0.1, 0.15) is 0 Å². The lowest BCUT2D eigenvalue weighted by Gasteiger charge is -2.24. The van der Waals surface area contributed by atoms with Crippen LogP contribution < -0.4 is 19.5 Å². The van der Waals surface area contributed by atoms with Crippen LogP contribution in [0, 0.1) is 0 Å². The summed E-state index contributed by atoms with van der Waals surface area (Å²) in [6, 6.07) is 12.9. The Morgan fingerprint density at radius 2 is 1.82 bits per heavy atom. The summed E-state index contributed by atoms with van der Waals surface area (Å²) in [6.45, 7) is 0.952. The lowest BCUT2D eigenvalue weighted by atomic mass is 9.91. The molecule has 5 heteroatoms. The fourth-order valence-corrected chi connectivity index (χ4v) is 4.33. The molecule has 1 aromatic heterocycles. The maximum absolute atomic E-state index is 5.75. The molecule has 5 nitrogen and oxygen atoms in total. The molecule has 2 aromatic carbocycles. The summed E-state index contributed by atoms with van der Waals surface area (Å²) in [5.74, 6) is 2.08. The molecule has 3 aromatic rings. The van der Waals surface area contributed by atoms with Crippen LogP contribution in [0.2, 0.25) is 0 Å². The van der Waals surface area contributed by atoms with Crippen molar-refractivity contribution in [3.63, 3.8) is 0 Å². The standard InChI is InChI=1S/C23H28N2O3/c1-26-19-14-18-20(23(28-3)22(19)27-2)16-10-7-11-17(21(16)25-18)24-13-12-15-8-5-4-6-9-15/h4-6,8-9,14,17,24-25H,7,10-13H2,1-3H3. The van der Waals surface area contributed by atoms with Crippen LogP contribution >= 0.6 is 0 Å². The van der Waals surface area contributed by atoms with Crippen LogP contribution in [-0.2, 0) is 12.8 Å². The molecule has 0 bridgehead atoms. The third kappa shape index (κ3) is 3.31. The van der Waals surface area contributed by atoms with Crippen LogP contribution in [0.4, 0.5) is 0 Å². The lowest BCUT2D eigenvalue weighted by molar-refractivity contribution is 0.327. The van der Waals surface area contributed by atoms with Crippen molar-refractivity contribution in [3.8, 4) is 17.2 Å². The van der Waals surface area contributed by atoms with Gasteiger partial charge in [0.2, 0.25) is 5.75 Å². The van der Waals surface area contributed by atoms with Crippen LogP contribution in [0.1, 0.15) is 35.7 Å². The van der Waals surface area contributed by atoms with Gasteiger partial charge < -0.3 is 24.5 Å². The minimum atomic E-state index is 0.321. The first kappa shape index (κ1) is 18.7. The van der Waals surface area contributed by atoms with Crippen LogP contribution in [0.3, 0.4) is 0 Å². The Morgan fingerprint density at radius 1 is 1.04 bits per heavy atom. The molecule has 1 heterocycles. The van der Waals surface area contributed by atoms with E-state index >= 15 is 0 Å². The monoisotopic (exact) mass is 380 g/mol. The number of aryl methyl sites for hydroxylation is 1. The first-order valence-corrected chi connectivity index (χ1v) is 9.87. The van der Waals surface area contributed by atoms with Crippen molar-refractivity contribution in [2.45, 2.75) is 31.7 Å². The summed E-state index contributed by atoms with van der Waals surface area (Å²) in [4.78, 5) is 3.64. The van der Waals surface area contributed by atoms with E-state index in [0.717, 1.165) is 48.9 Å². The maximum Gasteiger partial charge on any atom is 0.204 e. The second-order valence-corrected chi connectivity index (χ2v) is 7.22. The third-order valence-electron chi connectivity index (χ3n) is 5.64. The summed E-state index contributed by atoms with van der Waals surface area (Å²) in [6.07, 6.45) is 4.35. The molecule has 28 heavy (non-hydrogen) atoms. The van der Waals surface area contributed by atoms with Crippen molar-refractivity contribution >= 4 is 10.9 Å². The smallest absolute Gasteiger partial charge is 0.204 e. The Bertz CT molecular complexity index is 950. The molecule has 2 N–H and O–H groups in total.